The predicted octanol–water partition coefficient (Wildman–Crippen LogP) is 2.64. The van der Waals surface area contributed by atoms with Gasteiger partial charge in [-0.3, -0.25) is 0 Å². The summed E-state index contributed by atoms with van der Waals surface area (Å²) in [6.07, 6.45) is 4.48. The van der Waals surface area contributed by atoms with Crippen molar-refractivity contribution in [1.82, 2.24) is 20.2 Å². The molecule has 0 bridgehead atoms. The zero-order valence-corrected chi connectivity index (χ0v) is 11.0. The molecule has 0 saturated heterocycles. The molecular weight excluding hydrogens is 245 g/mol. The van der Waals surface area contributed by atoms with Crippen LogP contribution >= 0.6 is 0 Å². The summed E-state index contributed by atoms with van der Waals surface area (Å²) in [5.74, 6) is 0.0543. The molecular formula is C13H18FN5. The van der Waals surface area contributed by atoms with Crippen LogP contribution in [0.15, 0.2) is 18.2 Å². The van der Waals surface area contributed by atoms with Crippen molar-refractivity contribution in [3.63, 3.8) is 0 Å². The monoisotopic (exact) mass is 263 g/mol. The van der Waals surface area contributed by atoms with Gasteiger partial charge in [-0.25, -0.2) is 9.07 Å². The molecule has 2 N–H and O–H groups in total. The Kier molecular flexibility index (Phi) is 4.43. The van der Waals surface area contributed by atoms with E-state index in [0.717, 1.165) is 12.8 Å². The van der Waals surface area contributed by atoms with Crippen LogP contribution in [0, 0.1) is 5.82 Å². The van der Waals surface area contributed by atoms with Crippen LogP contribution in [0.4, 0.5) is 10.1 Å². The molecule has 2 aromatic rings. The Morgan fingerprint density at radius 2 is 2.11 bits per heavy atom. The quantitative estimate of drug-likeness (QED) is 0.642. The van der Waals surface area contributed by atoms with E-state index in [0.29, 0.717) is 23.6 Å². The Morgan fingerprint density at radius 1 is 1.26 bits per heavy atom. The smallest absolute Gasteiger partial charge is 0.184 e. The number of nitrogens with zero attached hydrogens (tertiary/aromatic N) is 4. The summed E-state index contributed by atoms with van der Waals surface area (Å²) in [5, 5.41) is 11.4. The van der Waals surface area contributed by atoms with Crippen LogP contribution in [0.5, 0.6) is 0 Å². The van der Waals surface area contributed by atoms with Crippen LogP contribution in [0.2, 0.25) is 0 Å². The molecule has 0 aliphatic rings. The number of nitrogens with two attached hydrogens (primary N) is 1. The fourth-order valence-corrected chi connectivity index (χ4v) is 1.95. The second kappa shape index (κ2) is 6.26. The Hall–Kier alpha value is -1.98. The van der Waals surface area contributed by atoms with E-state index in [2.05, 4.69) is 22.4 Å². The lowest BCUT2D eigenvalue weighted by atomic mass is 10.1. The van der Waals surface area contributed by atoms with Crippen LogP contribution in [0.1, 0.15) is 32.6 Å². The maximum atomic E-state index is 13.8. The van der Waals surface area contributed by atoms with Crippen molar-refractivity contribution >= 4 is 5.69 Å². The molecule has 1 heterocycles. The number of aromatic nitrogens is 4. The number of nitrogen functional groups attached to an aromatic ring is 1. The van der Waals surface area contributed by atoms with Gasteiger partial charge in [-0.1, -0.05) is 26.2 Å². The van der Waals surface area contributed by atoms with Crippen LogP contribution in [-0.2, 0) is 6.54 Å². The van der Waals surface area contributed by atoms with Gasteiger partial charge < -0.3 is 5.73 Å². The minimum absolute atomic E-state index is 0.384. The molecule has 0 radical (unpaired) electrons. The normalized spacial score (nSPS) is 10.8. The van der Waals surface area contributed by atoms with Gasteiger partial charge in [0, 0.05) is 12.2 Å². The number of rotatable bonds is 6. The maximum absolute atomic E-state index is 13.8. The number of tetrazole rings is 1. The Balaban J connectivity index is 2.14. The molecule has 2 rings (SSSR count). The highest BCUT2D eigenvalue weighted by Crippen LogP contribution is 2.22. The van der Waals surface area contributed by atoms with E-state index in [-0.39, 0.29) is 0 Å². The molecule has 5 nitrogen and oxygen atoms in total. The molecule has 102 valence electrons. The van der Waals surface area contributed by atoms with Gasteiger partial charge in [0.1, 0.15) is 5.82 Å². The second-order valence-corrected chi connectivity index (χ2v) is 4.53. The average molecular weight is 263 g/mol. The lowest BCUT2D eigenvalue weighted by Crippen LogP contribution is -2.04. The molecule has 1 aromatic carbocycles. The Morgan fingerprint density at radius 3 is 2.84 bits per heavy atom. The number of unbranched alkanes of at least 4 members (excludes halogenated alkanes) is 3. The lowest BCUT2D eigenvalue weighted by Gasteiger charge is -2.06. The van der Waals surface area contributed by atoms with Gasteiger partial charge in [0.2, 0.25) is 0 Å². The van der Waals surface area contributed by atoms with Gasteiger partial charge in [0.05, 0.1) is 5.56 Å². The Labute approximate surface area is 111 Å². The fourth-order valence-electron chi connectivity index (χ4n) is 1.95. The molecule has 19 heavy (non-hydrogen) atoms. The van der Waals surface area contributed by atoms with Crippen LogP contribution < -0.4 is 5.73 Å². The van der Waals surface area contributed by atoms with E-state index in [1.807, 2.05) is 0 Å². The third-order valence-corrected chi connectivity index (χ3v) is 2.99. The van der Waals surface area contributed by atoms with Crippen molar-refractivity contribution in [3.8, 4) is 11.4 Å². The van der Waals surface area contributed by atoms with Crippen molar-refractivity contribution in [3.05, 3.63) is 24.0 Å². The van der Waals surface area contributed by atoms with Gasteiger partial charge >= 0.3 is 0 Å². The molecule has 0 atom stereocenters. The fraction of sp³-hybridized carbons (Fsp3) is 0.462. The summed E-state index contributed by atoms with van der Waals surface area (Å²) in [6, 6.07) is 4.54. The van der Waals surface area contributed by atoms with E-state index in [9.17, 15) is 4.39 Å². The first-order chi connectivity index (χ1) is 9.22. The van der Waals surface area contributed by atoms with Gasteiger partial charge in [0.25, 0.3) is 0 Å². The predicted molar refractivity (Wildman–Crippen MR) is 71.8 cm³/mol. The molecule has 0 unspecified atom stereocenters. The first kappa shape index (κ1) is 13.5. The van der Waals surface area contributed by atoms with E-state index < -0.39 is 5.82 Å². The standard InChI is InChI=1S/C13H18FN5/c1-2-3-4-5-8-19-13(16-17-18-19)11-7-6-10(15)9-12(11)14/h6-7,9H,2-5,8,15H2,1H3. The summed E-state index contributed by atoms with van der Waals surface area (Å²) in [4.78, 5) is 0. The largest absolute Gasteiger partial charge is 0.399 e. The number of aryl methyl sites for hydroxylation is 1. The third-order valence-electron chi connectivity index (χ3n) is 2.99. The summed E-state index contributed by atoms with van der Waals surface area (Å²) in [5.41, 5.74) is 6.31. The molecule has 0 spiro atoms. The SMILES string of the molecule is CCCCCCn1nnnc1-c1ccc(N)cc1F. The first-order valence-corrected chi connectivity index (χ1v) is 6.54. The van der Waals surface area contributed by atoms with Gasteiger partial charge in [0.15, 0.2) is 5.82 Å². The topological polar surface area (TPSA) is 69.6 Å². The number of anilines is 1. The van der Waals surface area contributed by atoms with Crippen molar-refractivity contribution < 1.29 is 4.39 Å². The highest BCUT2D eigenvalue weighted by molar-refractivity contribution is 5.59. The molecule has 0 aliphatic heterocycles. The van der Waals surface area contributed by atoms with Crippen LogP contribution in [0.3, 0.4) is 0 Å². The second-order valence-electron chi connectivity index (χ2n) is 4.53. The summed E-state index contributed by atoms with van der Waals surface area (Å²) in [7, 11) is 0. The molecule has 0 aliphatic carbocycles. The molecule has 0 fully saturated rings. The zero-order valence-electron chi connectivity index (χ0n) is 11.0. The summed E-state index contributed by atoms with van der Waals surface area (Å²) < 4.78 is 15.5. The minimum atomic E-state index is -0.399. The lowest BCUT2D eigenvalue weighted by molar-refractivity contribution is 0.529. The number of benzene rings is 1. The average Bonchev–Trinajstić information content (AvgIpc) is 2.83. The molecule has 6 heteroatoms. The van der Waals surface area contributed by atoms with Crippen LogP contribution in [0.25, 0.3) is 11.4 Å². The minimum Gasteiger partial charge on any atom is -0.399 e. The van der Waals surface area contributed by atoms with Crippen molar-refractivity contribution in [2.24, 2.45) is 0 Å². The van der Waals surface area contributed by atoms with Crippen molar-refractivity contribution in [1.29, 1.82) is 0 Å². The number of hydrogen-bond donors (Lipinski definition) is 1. The number of halogens is 1. The highest BCUT2D eigenvalue weighted by Gasteiger charge is 2.13. The molecule has 1 aromatic heterocycles. The third kappa shape index (κ3) is 3.27. The van der Waals surface area contributed by atoms with E-state index in [4.69, 9.17) is 5.73 Å². The highest BCUT2D eigenvalue weighted by atomic mass is 19.1. The maximum Gasteiger partial charge on any atom is 0.184 e. The van der Waals surface area contributed by atoms with Gasteiger partial charge in [-0.15, -0.1) is 5.10 Å². The molecule has 0 saturated carbocycles. The van der Waals surface area contributed by atoms with E-state index in [1.165, 1.54) is 18.9 Å². The summed E-state index contributed by atoms with van der Waals surface area (Å²) >= 11 is 0. The first-order valence-electron chi connectivity index (χ1n) is 6.54. The summed E-state index contributed by atoms with van der Waals surface area (Å²) in [6.45, 7) is 2.86. The van der Waals surface area contributed by atoms with Crippen molar-refractivity contribution in [2.45, 2.75) is 39.2 Å². The van der Waals surface area contributed by atoms with E-state index >= 15 is 0 Å². The zero-order chi connectivity index (χ0) is 13.7. The van der Waals surface area contributed by atoms with Crippen LogP contribution in [-0.4, -0.2) is 20.2 Å². The molecule has 0 amide bonds. The Bertz CT molecular complexity index is 538. The van der Waals surface area contributed by atoms with Crippen molar-refractivity contribution in [2.75, 3.05) is 5.73 Å². The van der Waals surface area contributed by atoms with Gasteiger partial charge in [-0.05, 0) is 35.0 Å². The van der Waals surface area contributed by atoms with E-state index in [1.54, 1.807) is 16.8 Å². The van der Waals surface area contributed by atoms with Gasteiger partial charge in [-0.2, -0.15) is 0 Å². The number of hydrogen-bond acceptors (Lipinski definition) is 4.